The Bertz CT molecular complexity index is 1230. The Kier molecular flexibility index (Phi) is 7.19. The van der Waals surface area contributed by atoms with Crippen molar-refractivity contribution in [2.45, 2.75) is 38.9 Å². The van der Waals surface area contributed by atoms with Gasteiger partial charge in [-0.2, -0.15) is 10.5 Å². The number of H-pyrrole nitrogens is 1. The van der Waals surface area contributed by atoms with Gasteiger partial charge in [0.05, 0.1) is 41.4 Å². The zero-order chi connectivity index (χ0) is 22.7. The molecule has 10 heteroatoms. The molecular formula is C22H23N5O2S3. The maximum absolute atomic E-state index is 9.24. The molecule has 0 radical (unpaired) electrons. The summed E-state index contributed by atoms with van der Waals surface area (Å²) in [4.78, 5) is 5.56. The van der Waals surface area contributed by atoms with Crippen molar-refractivity contribution >= 4 is 46.6 Å². The molecule has 166 valence electrons. The van der Waals surface area contributed by atoms with E-state index >= 15 is 0 Å². The minimum atomic E-state index is 0.514. The molecule has 0 spiro atoms. The molecule has 2 aromatic rings. The van der Waals surface area contributed by atoms with Gasteiger partial charge in [-0.05, 0) is 36.8 Å². The number of ether oxygens (including phenoxy) is 2. The summed E-state index contributed by atoms with van der Waals surface area (Å²) in [7, 11) is 0. The van der Waals surface area contributed by atoms with Gasteiger partial charge in [0.2, 0.25) is 0 Å². The number of pyridine rings is 1. The van der Waals surface area contributed by atoms with E-state index in [0.717, 1.165) is 57.8 Å². The number of aromatic amines is 1. The van der Waals surface area contributed by atoms with Crippen LogP contribution in [0.2, 0.25) is 0 Å². The number of nitriles is 2. The smallest absolute Gasteiger partial charge is 0.123 e. The first-order valence-electron chi connectivity index (χ1n) is 10.5. The van der Waals surface area contributed by atoms with E-state index in [0.29, 0.717) is 47.2 Å². The van der Waals surface area contributed by atoms with Crippen molar-refractivity contribution in [1.82, 2.24) is 4.98 Å². The van der Waals surface area contributed by atoms with E-state index in [1.165, 1.54) is 24.2 Å². The van der Waals surface area contributed by atoms with Crippen LogP contribution in [0.15, 0.2) is 0 Å². The van der Waals surface area contributed by atoms with Crippen LogP contribution in [0.25, 0.3) is 0 Å². The van der Waals surface area contributed by atoms with Crippen LogP contribution >= 0.6 is 35.8 Å². The van der Waals surface area contributed by atoms with Crippen molar-refractivity contribution in [3.05, 3.63) is 41.8 Å². The lowest BCUT2D eigenvalue weighted by atomic mass is 9.99. The first-order valence-corrected chi connectivity index (χ1v) is 12.1. The number of nitrogens with one attached hydrogen (secondary N) is 1. The Morgan fingerprint density at radius 1 is 0.906 bits per heavy atom. The quantitative estimate of drug-likeness (QED) is 0.576. The van der Waals surface area contributed by atoms with Gasteiger partial charge in [0, 0.05) is 24.2 Å². The highest BCUT2D eigenvalue weighted by atomic mass is 32.1. The molecule has 0 aliphatic carbocycles. The number of nitrogen functional groups attached to an aromatic ring is 1. The van der Waals surface area contributed by atoms with E-state index in [9.17, 15) is 5.26 Å². The first kappa shape index (κ1) is 22.8. The number of nitrogens with zero attached hydrogens (tertiary/aromatic N) is 3. The molecular weight excluding hydrogens is 462 g/mol. The summed E-state index contributed by atoms with van der Waals surface area (Å²) in [5, 5.41) is 18.7. The summed E-state index contributed by atoms with van der Waals surface area (Å²) in [6.07, 6.45) is 3.96. The normalized spacial score (nSPS) is 16.8. The highest BCUT2D eigenvalue weighted by Crippen LogP contribution is 2.31. The zero-order valence-corrected chi connectivity index (χ0v) is 20.0. The monoisotopic (exact) mass is 485 g/mol. The molecule has 3 aliphatic heterocycles. The molecule has 2 aromatic heterocycles. The van der Waals surface area contributed by atoms with Crippen LogP contribution in [0.5, 0.6) is 0 Å². The summed E-state index contributed by atoms with van der Waals surface area (Å²) in [6.45, 7) is 4.54. The number of fused-ring (bicyclic) bond motifs is 2. The summed E-state index contributed by atoms with van der Waals surface area (Å²) < 4.78 is 12.2. The van der Waals surface area contributed by atoms with Gasteiger partial charge in [0.15, 0.2) is 0 Å². The zero-order valence-electron chi connectivity index (χ0n) is 17.5. The topological polar surface area (TPSA) is 111 Å². The number of anilines is 2. The molecule has 0 bridgehead atoms. The molecule has 0 unspecified atom stereocenters. The Morgan fingerprint density at radius 2 is 1.50 bits per heavy atom. The van der Waals surface area contributed by atoms with Gasteiger partial charge in [-0.25, -0.2) is 0 Å². The van der Waals surface area contributed by atoms with Gasteiger partial charge < -0.3 is 25.1 Å². The third-order valence-electron chi connectivity index (χ3n) is 5.90. The number of hydrogen-bond donors (Lipinski definition) is 2. The molecule has 3 N–H and O–H groups in total. The predicted molar refractivity (Wildman–Crippen MR) is 129 cm³/mol. The van der Waals surface area contributed by atoms with E-state index in [1.54, 1.807) is 0 Å². The number of hydrogen-bond acceptors (Lipinski definition) is 9. The van der Waals surface area contributed by atoms with E-state index < -0.39 is 0 Å². The van der Waals surface area contributed by atoms with E-state index in [4.69, 9.17) is 44.9 Å². The van der Waals surface area contributed by atoms with Gasteiger partial charge in [0.1, 0.15) is 27.6 Å². The van der Waals surface area contributed by atoms with Gasteiger partial charge in [-0.3, -0.25) is 0 Å². The van der Waals surface area contributed by atoms with Crippen LogP contribution in [0, 0.1) is 31.1 Å². The van der Waals surface area contributed by atoms with Crippen LogP contribution < -0.4 is 10.6 Å². The maximum Gasteiger partial charge on any atom is 0.123 e. The highest BCUT2D eigenvalue weighted by molar-refractivity contribution is 7.73. The van der Waals surface area contributed by atoms with Crippen molar-refractivity contribution < 1.29 is 9.47 Å². The standard InChI is InChI=1S/C13H15N3OS.C9H8N2OS2/c14-7-10-9-3-6-17-8-11(9)12(15-13(10)18)16-4-1-2-5-16;10-3-6-5-1-2-12-4-7(5)9(13)14-8(6)11/h1-6,8H2,(H,15,18);1-2,4,11H2. The molecule has 1 saturated heterocycles. The van der Waals surface area contributed by atoms with E-state index in [1.807, 2.05) is 0 Å². The lowest BCUT2D eigenvalue weighted by Gasteiger charge is -2.26. The highest BCUT2D eigenvalue weighted by Gasteiger charge is 2.24. The third kappa shape index (κ3) is 4.42. The first-order chi connectivity index (χ1) is 15.5. The molecule has 0 atom stereocenters. The van der Waals surface area contributed by atoms with Crippen LogP contribution in [0.4, 0.5) is 10.8 Å². The number of aromatic nitrogens is 1. The third-order valence-corrected chi connectivity index (χ3v) is 7.56. The lowest BCUT2D eigenvalue weighted by molar-refractivity contribution is 0.110. The van der Waals surface area contributed by atoms with Crippen molar-refractivity contribution in [2.24, 2.45) is 0 Å². The molecule has 5 heterocycles. The molecule has 5 rings (SSSR count). The summed E-state index contributed by atoms with van der Waals surface area (Å²) >= 11 is 11.8. The summed E-state index contributed by atoms with van der Waals surface area (Å²) in [6, 6.07) is 4.37. The SMILES string of the molecule is N#Cc1c(N)sc(=S)c2c1CCOC2.N#Cc1c2c(c(N3CCCC3)[nH]c1=S)COCC2. The van der Waals surface area contributed by atoms with E-state index in [2.05, 4.69) is 22.0 Å². The fourth-order valence-corrected chi connectivity index (χ4v) is 5.81. The average Bonchev–Trinajstić information content (AvgIpc) is 3.34. The molecule has 1 fully saturated rings. The Hall–Kier alpha value is -2.34. The van der Waals surface area contributed by atoms with Crippen molar-refractivity contribution in [2.75, 3.05) is 36.9 Å². The second-order valence-electron chi connectivity index (χ2n) is 7.74. The maximum atomic E-state index is 9.24. The second kappa shape index (κ2) is 10.1. The molecule has 0 saturated carbocycles. The van der Waals surface area contributed by atoms with Gasteiger partial charge in [-0.1, -0.05) is 24.4 Å². The van der Waals surface area contributed by atoms with E-state index in [-0.39, 0.29) is 0 Å². The molecule has 3 aliphatic rings. The fourth-order valence-electron chi connectivity index (χ4n) is 4.31. The predicted octanol–water partition coefficient (Wildman–Crippen LogP) is 4.29. The van der Waals surface area contributed by atoms with Crippen LogP contribution in [0.3, 0.4) is 0 Å². The molecule has 32 heavy (non-hydrogen) atoms. The minimum absolute atomic E-state index is 0.514. The summed E-state index contributed by atoms with van der Waals surface area (Å²) in [5.41, 5.74) is 11.1. The largest absolute Gasteiger partial charge is 0.389 e. The Balaban J connectivity index is 0.000000158. The lowest BCUT2D eigenvalue weighted by Crippen LogP contribution is -2.24. The van der Waals surface area contributed by atoms with Crippen molar-refractivity contribution in [1.29, 1.82) is 10.5 Å². The number of nitrogens with two attached hydrogens (primary N) is 1. The summed E-state index contributed by atoms with van der Waals surface area (Å²) in [5.74, 6) is 1.08. The van der Waals surface area contributed by atoms with Gasteiger partial charge >= 0.3 is 0 Å². The second-order valence-corrected chi connectivity index (χ2v) is 9.87. The average molecular weight is 486 g/mol. The van der Waals surface area contributed by atoms with Crippen LogP contribution in [-0.4, -0.2) is 31.3 Å². The Morgan fingerprint density at radius 3 is 2.12 bits per heavy atom. The molecule has 0 amide bonds. The minimum Gasteiger partial charge on any atom is -0.389 e. The fraction of sp³-hybridized carbons (Fsp3) is 0.455. The van der Waals surface area contributed by atoms with Gasteiger partial charge in [0.25, 0.3) is 0 Å². The molecule has 0 aromatic carbocycles. The van der Waals surface area contributed by atoms with Crippen molar-refractivity contribution in [3.63, 3.8) is 0 Å². The van der Waals surface area contributed by atoms with Crippen LogP contribution in [-0.2, 0) is 35.5 Å². The number of rotatable bonds is 1. The molecule has 7 nitrogen and oxygen atoms in total. The Labute approximate surface area is 201 Å². The van der Waals surface area contributed by atoms with Gasteiger partial charge in [-0.15, -0.1) is 11.3 Å². The van der Waals surface area contributed by atoms with Crippen LogP contribution in [0.1, 0.15) is 46.2 Å². The van der Waals surface area contributed by atoms with Crippen molar-refractivity contribution in [3.8, 4) is 12.1 Å².